The molecule has 98 valence electrons. The quantitative estimate of drug-likeness (QED) is 0.827. The van der Waals surface area contributed by atoms with Crippen LogP contribution in [0.3, 0.4) is 0 Å². The van der Waals surface area contributed by atoms with Gasteiger partial charge in [-0.05, 0) is 24.8 Å². The van der Waals surface area contributed by atoms with Crippen LogP contribution in [-0.2, 0) is 4.79 Å². The SMILES string of the molecule is O=C(CNC(=O)c1ccoc1)NCC1CCCC1. The number of carbonyl (C=O) groups excluding carboxylic acids is 2. The molecule has 1 aliphatic carbocycles. The lowest BCUT2D eigenvalue weighted by Gasteiger charge is -2.10. The van der Waals surface area contributed by atoms with Gasteiger partial charge in [-0.3, -0.25) is 9.59 Å². The van der Waals surface area contributed by atoms with E-state index >= 15 is 0 Å². The van der Waals surface area contributed by atoms with Crippen molar-refractivity contribution >= 4 is 11.8 Å². The van der Waals surface area contributed by atoms with Crippen molar-refractivity contribution in [1.29, 1.82) is 0 Å². The van der Waals surface area contributed by atoms with Crippen molar-refractivity contribution in [2.75, 3.05) is 13.1 Å². The summed E-state index contributed by atoms with van der Waals surface area (Å²) < 4.78 is 4.80. The van der Waals surface area contributed by atoms with Gasteiger partial charge in [-0.15, -0.1) is 0 Å². The molecule has 0 spiro atoms. The van der Waals surface area contributed by atoms with Crippen LogP contribution in [0.1, 0.15) is 36.0 Å². The molecule has 0 bridgehead atoms. The standard InChI is InChI=1S/C13H18N2O3/c16-12(14-7-10-3-1-2-4-10)8-15-13(17)11-5-6-18-9-11/h5-6,9-10H,1-4,7-8H2,(H,14,16)(H,15,17). The summed E-state index contributed by atoms with van der Waals surface area (Å²) in [6.45, 7) is 0.733. The first kappa shape index (κ1) is 12.7. The Hall–Kier alpha value is -1.78. The molecule has 0 aromatic carbocycles. The number of hydrogen-bond acceptors (Lipinski definition) is 3. The molecule has 5 nitrogen and oxygen atoms in total. The number of amides is 2. The molecule has 1 aliphatic rings. The van der Waals surface area contributed by atoms with Crippen molar-refractivity contribution in [1.82, 2.24) is 10.6 Å². The summed E-state index contributed by atoms with van der Waals surface area (Å²) in [4.78, 5) is 23.0. The van der Waals surface area contributed by atoms with Gasteiger partial charge in [-0.1, -0.05) is 12.8 Å². The van der Waals surface area contributed by atoms with Crippen molar-refractivity contribution < 1.29 is 14.0 Å². The minimum atomic E-state index is -0.292. The minimum Gasteiger partial charge on any atom is -0.472 e. The smallest absolute Gasteiger partial charge is 0.254 e. The molecule has 0 saturated heterocycles. The van der Waals surface area contributed by atoms with Crippen LogP contribution < -0.4 is 10.6 Å². The molecule has 18 heavy (non-hydrogen) atoms. The fourth-order valence-corrected chi connectivity index (χ4v) is 2.19. The molecule has 0 radical (unpaired) electrons. The summed E-state index contributed by atoms with van der Waals surface area (Å²) in [5.41, 5.74) is 0.429. The van der Waals surface area contributed by atoms with E-state index in [2.05, 4.69) is 10.6 Å². The zero-order valence-corrected chi connectivity index (χ0v) is 10.3. The van der Waals surface area contributed by atoms with Gasteiger partial charge in [-0.25, -0.2) is 0 Å². The lowest BCUT2D eigenvalue weighted by Crippen LogP contribution is -2.38. The molecule has 1 aromatic rings. The Morgan fingerprint density at radius 3 is 2.72 bits per heavy atom. The van der Waals surface area contributed by atoms with E-state index in [1.54, 1.807) is 6.07 Å². The zero-order valence-electron chi connectivity index (χ0n) is 10.3. The second-order valence-electron chi connectivity index (χ2n) is 4.65. The monoisotopic (exact) mass is 250 g/mol. The van der Waals surface area contributed by atoms with Gasteiger partial charge in [0, 0.05) is 6.54 Å². The molecule has 1 aromatic heterocycles. The van der Waals surface area contributed by atoms with Gasteiger partial charge >= 0.3 is 0 Å². The Morgan fingerprint density at radius 2 is 2.06 bits per heavy atom. The zero-order chi connectivity index (χ0) is 12.8. The Kier molecular flexibility index (Phi) is 4.39. The first-order chi connectivity index (χ1) is 8.75. The summed E-state index contributed by atoms with van der Waals surface area (Å²) in [5, 5.41) is 5.40. The summed E-state index contributed by atoms with van der Waals surface area (Å²) in [7, 11) is 0. The van der Waals surface area contributed by atoms with Gasteiger partial charge < -0.3 is 15.1 Å². The highest BCUT2D eigenvalue weighted by Gasteiger charge is 2.16. The van der Waals surface area contributed by atoms with E-state index in [1.807, 2.05) is 0 Å². The highest BCUT2D eigenvalue weighted by molar-refractivity contribution is 5.96. The van der Waals surface area contributed by atoms with E-state index in [9.17, 15) is 9.59 Å². The molecule has 1 heterocycles. The summed E-state index contributed by atoms with van der Waals surface area (Å²) in [5.74, 6) is 0.178. The molecule has 2 amide bonds. The lowest BCUT2D eigenvalue weighted by molar-refractivity contribution is -0.120. The molecule has 1 saturated carbocycles. The van der Waals surface area contributed by atoms with Crippen molar-refractivity contribution in [2.24, 2.45) is 5.92 Å². The average molecular weight is 250 g/mol. The largest absolute Gasteiger partial charge is 0.472 e. The van der Waals surface area contributed by atoms with E-state index in [0.29, 0.717) is 11.5 Å². The Labute approximate surface area is 106 Å². The number of furan rings is 1. The first-order valence-corrected chi connectivity index (χ1v) is 6.33. The third kappa shape index (κ3) is 3.61. The average Bonchev–Trinajstić information content (AvgIpc) is 3.05. The molecular weight excluding hydrogens is 232 g/mol. The normalized spacial score (nSPS) is 15.6. The van der Waals surface area contributed by atoms with Crippen molar-refractivity contribution in [3.63, 3.8) is 0 Å². The van der Waals surface area contributed by atoms with Gasteiger partial charge in [0.05, 0.1) is 18.4 Å². The van der Waals surface area contributed by atoms with Gasteiger partial charge in [-0.2, -0.15) is 0 Å². The van der Waals surface area contributed by atoms with Crippen LogP contribution in [0.15, 0.2) is 23.0 Å². The van der Waals surface area contributed by atoms with Crippen LogP contribution in [0.5, 0.6) is 0 Å². The van der Waals surface area contributed by atoms with E-state index in [0.717, 1.165) is 6.54 Å². The lowest BCUT2D eigenvalue weighted by atomic mass is 10.1. The van der Waals surface area contributed by atoms with E-state index in [4.69, 9.17) is 4.42 Å². The molecular formula is C13H18N2O3. The van der Waals surface area contributed by atoms with E-state index in [1.165, 1.54) is 38.2 Å². The Bertz CT molecular complexity index is 394. The third-order valence-corrected chi connectivity index (χ3v) is 3.26. The van der Waals surface area contributed by atoms with Gasteiger partial charge in [0.15, 0.2) is 0 Å². The number of nitrogens with one attached hydrogen (secondary N) is 2. The summed E-state index contributed by atoms with van der Waals surface area (Å²) in [6, 6.07) is 1.56. The van der Waals surface area contributed by atoms with Crippen LogP contribution in [0.2, 0.25) is 0 Å². The molecule has 5 heteroatoms. The van der Waals surface area contributed by atoms with Gasteiger partial charge in [0.25, 0.3) is 5.91 Å². The summed E-state index contributed by atoms with van der Waals surface area (Å²) >= 11 is 0. The van der Waals surface area contributed by atoms with Crippen molar-refractivity contribution in [3.05, 3.63) is 24.2 Å². The molecule has 2 N–H and O–H groups in total. The second-order valence-corrected chi connectivity index (χ2v) is 4.65. The molecule has 0 unspecified atom stereocenters. The van der Waals surface area contributed by atoms with Crippen LogP contribution in [0.25, 0.3) is 0 Å². The maximum atomic E-state index is 11.5. The van der Waals surface area contributed by atoms with E-state index in [-0.39, 0.29) is 18.4 Å². The summed E-state index contributed by atoms with van der Waals surface area (Å²) in [6.07, 6.45) is 7.69. The molecule has 0 aliphatic heterocycles. The number of hydrogen-bond donors (Lipinski definition) is 2. The van der Waals surface area contributed by atoms with Crippen LogP contribution in [-0.4, -0.2) is 24.9 Å². The topological polar surface area (TPSA) is 71.3 Å². The molecule has 2 rings (SSSR count). The highest BCUT2D eigenvalue weighted by Crippen LogP contribution is 2.23. The van der Waals surface area contributed by atoms with Gasteiger partial charge in [0.1, 0.15) is 6.26 Å². The predicted octanol–water partition coefficient (Wildman–Crippen LogP) is 1.32. The molecule has 1 fully saturated rings. The number of rotatable bonds is 5. The van der Waals surface area contributed by atoms with Crippen LogP contribution >= 0.6 is 0 Å². The Morgan fingerprint density at radius 1 is 1.28 bits per heavy atom. The fraction of sp³-hybridized carbons (Fsp3) is 0.538. The first-order valence-electron chi connectivity index (χ1n) is 6.33. The van der Waals surface area contributed by atoms with E-state index < -0.39 is 0 Å². The minimum absolute atomic E-state index is 0.0106. The maximum Gasteiger partial charge on any atom is 0.254 e. The predicted molar refractivity (Wildman–Crippen MR) is 66.0 cm³/mol. The van der Waals surface area contributed by atoms with Gasteiger partial charge in [0.2, 0.25) is 5.91 Å². The van der Waals surface area contributed by atoms with Crippen LogP contribution in [0, 0.1) is 5.92 Å². The highest BCUT2D eigenvalue weighted by atomic mass is 16.3. The fourth-order valence-electron chi connectivity index (χ4n) is 2.19. The Balaban J connectivity index is 1.63. The van der Waals surface area contributed by atoms with Crippen molar-refractivity contribution in [2.45, 2.75) is 25.7 Å². The van der Waals surface area contributed by atoms with Crippen LogP contribution in [0.4, 0.5) is 0 Å². The maximum absolute atomic E-state index is 11.5. The molecule has 0 atom stereocenters. The second kappa shape index (κ2) is 6.23. The number of carbonyl (C=O) groups is 2. The third-order valence-electron chi connectivity index (χ3n) is 3.26. The van der Waals surface area contributed by atoms with Crippen molar-refractivity contribution in [3.8, 4) is 0 Å².